The Bertz CT molecular complexity index is 1180. The van der Waals surface area contributed by atoms with Crippen LogP contribution in [0.25, 0.3) is 29.6 Å². The van der Waals surface area contributed by atoms with Crippen LogP contribution >= 0.6 is 22.7 Å². The minimum atomic E-state index is 1.24. The fraction of sp³-hybridized carbons (Fsp3) is 0.650. The van der Waals surface area contributed by atoms with Gasteiger partial charge in [0.25, 0.3) is 0 Å². The van der Waals surface area contributed by atoms with Crippen molar-refractivity contribution in [3.63, 3.8) is 0 Å². The van der Waals surface area contributed by atoms with Crippen LogP contribution in [0.2, 0.25) is 0 Å². The lowest BCUT2D eigenvalue weighted by atomic mass is 10.0. The van der Waals surface area contributed by atoms with E-state index in [4.69, 9.17) is 0 Å². The third-order valence-corrected chi connectivity index (χ3v) is 11.9. The molecule has 0 saturated carbocycles. The maximum atomic E-state index is 2.50. The average molecular weight is 605 g/mol. The zero-order chi connectivity index (χ0) is 29.2. The van der Waals surface area contributed by atoms with Gasteiger partial charge in [-0.2, -0.15) is 0 Å². The highest BCUT2D eigenvalue weighted by atomic mass is 32.1. The van der Waals surface area contributed by atoms with Gasteiger partial charge in [-0.25, -0.2) is 0 Å². The minimum Gasteiger partial charge on any atom is -0.134 e. The van der Waals surface area contributed by atoms with E-state index in [-0.39, 0.29) is 0 Å². The van der Waals surface area contributed by atoms with Gasteiger partial charge in [-0.3, -0.25) is 0 Å². The van der Waals surface area contributed by atoms with E-state index in [9.17, 15) is 0 Å². The molecule has 2 aromatic carbocycles. The molecular formula is C40H60S2. The second-order valence-electron chi connectivity index (χ2n) is 13.1. The fourth-order valence-electron chi connectivity index (χ4n) is 6.64. The molecule has 2 heterocycles. The first-order valence-electron chi connectivity index (χ1n) is 18.2. The molecule has 2 aromatic heterocycles. The third kappa shape index (κ3) is 11.0. The van der Waals surface area contributed by atoms with Crippen molar-refractivity contribution in [2.24, 2.45) is 0 Å². The Morgan fingerprint density at radius 2 is 0.690 bits per heavy atom. The topological polar surface area (TPSA) is 0 Å². The molecule has 0 aliphatic carbocycles. The minimum absolute atomic E-state index is 1.24. The van der Waals surface area contributed by atoms with Gasteiger partial charge in [-0.1, -0.05) is 167 Å². The number of rotatable bonds is 24. The molecule has 0 unspecified atom stereocenters. The summed E-state index contributed by atoms with van der Waals surface area (Å²) < 4.78 is 6.00. The van der Waals surface area contributed by atoms with Crippen LogP contribution in [0.5, 0.6) is 0 Å². The third-order valence-electron chi connectivity index (χ3n) is 9.35. The zero-order valence-electron chi connectivity index (χ0n) is 27.3. The number of unbranched alkanes of at least 4 members (excludes halogenated alkanes) is 20. The van der Waals surface area contributed by atoms with Crippen molar-refractivity contribution < 1.29 is 0 Å². The maximum absolute atomic E-state index is 2.50. The molecule has 0 amide bonds. The first-order chi connectivity index (χ1) is 20.8. The van der Waals surface area contributed by atoms with Crippen LogP contribution in [0.3, 0.4) is 0 Å². The Balaban J connectivity index is 1.16. The van der Waals surface area contributed by atoms with Gasteiger partial charge in [-0.15, -0.1) is 22.7 Å². The maximum Gasteiger partial charge on any atom is 0.0542 e. The van der Waals surface area contributed by atoms with Gasteiger partial charge < -0.3 is 0 Å². The molecule has 0 aliphatic rings. The van der Waals surface area contributed by atoms with Crippen LogP contribution in [0.1, 0.15) is 166 Å². The second-order valence-corrected chi connectivity index (χ2v) is 15.2. The van der Waals surface area contributed by atoms with Gasteiger partial charge >= 0.3 is 0 Å². The van der Waals surface area contributed by atoms with E-state index in [1.54, 1.807) is 0 Å². The molecule has 0 atom stereocenters. The van der Waals surface area contributed by atoms with Crippen molar-refractivity contribution in [1.29, 1.82) is 0 Å². The summed E-state index contributed by atoms with van der Waals surface area (Å²) in [6.07, 6.45) is 33.7. The van der Waals surface area contributed by atoms with Gasteiger partial charge in [0.1, 0.15) is 0 Å². The molecule has 0 radical (unpaired) electrons. The van der Waals surface area contributed by atoms with Crippen LogP contribution in [0, 0.1) is 0 Å². The van der Waals surface area contributed by atoms with Crippen molar-refractivity contribution in [2.75, 3.05) is 0 Å². The van der Waals surface area contributed by atoms with Crippen molar-refractivity contribution >= 4 is 52.2 Å². The summed E-state index contributed by atoms with van der Waals surface area (Å²) in [6.45, 7) is 4.61. The predicted molar refractivity (Wildman–Crippen MR) is 195 cm³/mol. The van der Waals surface area contributed by atoms with E-state index in [0.717, 1.165) is 0 Å². The van der Waals surface area contributed by atoms with Gasteiger partial charge in [-0.05, 0) is 48.9 Å². The summed E-state index contributed by atoms with van der Waals surface area (Å²) in [7, 11) is 0. The van der Waals surface area contributed by atoms with Crippen molar-refractivity contribution in [3.05, 3.63) is 47.5 Å². The van der Waals surface area contributed by atoms with E-state index in [2.05, 4.69) is 50.2 Å². The molecule has 0 N–H and O–H groups in total. The standard InChI is InChI=1S/C40H60S2/c1-3-5-7-9-11-13-15-17-19-21-23-25-33-27-29-35-37(31-33)41-40-36-30-28-34(32-38(36)42-39(35)40)26-24-22-20-18-16-14-12-10-8-6-4-2/h27-32H,3-26H2,1-2H3. The fourth-order valence-corrected chi connectivity index (χ4v) is 9.42. The molecular weight excluding hydrogens is 545 g/mol. The molecule has 0 aliphatic heterocycles. The van der Waals surface area contributed by atoms with E-state index in [0.29, 0.717) is 0 Å². The molecule has 0 fully saturated rings. The van der Waals surface area contributed by atoms with Crippen LogP contribution in [0.4, 0.5) is 0 Å². The SMILES string of the molecule is CCCCCCCCCCCCCc1ccc2c(c1)sc1c3ccc(CCCCCCCCCCCCC)cc3sc21. The summed E-state index contributed by atoms with van der Waals surface area (Å²) in [5, 5.41) is 2.96. The van der Waals surface area contributed by atoms with Gasteiger partial charge in [0.15, 0.2) is 0 Å². The van der Waals surface area contributed by atoms with Crippen molar-refractivity contribution in [3.8, 4) is 0 Å². The Morgan fingerprint density at radius 3 is 1.02 bits per heavy atom. The number of benzene rings is 2. The summed E-state index contributed by atoms with van der Waals surface area (Å²) in [4.78, 5) is 0. The molecule has 2 heteroatoms. The summed E-state index contributed by atoms with van der Waals surface area (Å²) in [5.41, 5.74) is 3.07. The zero-order valence-corrected chi connectivity index (χ0v) is 28.9. The Kier molecular flexibility index (Phi) is 15.8. The molecule has 0 saturated heterocycles. The molecule has 0 spiro atoms. The molecule has 42 heavy (non-hydrogen) atoms. The number of hydrogen-bond donors (Lipinski definition) is 0. The predicted octanol–water partition coefficient (Wildman–Crippen LogP) is 15.0. The lowest BCUT2D eigenvalue weighted by Gasteiger charge is -2.04. The van der Waals surface area contributed by atoms with E-state index in [1.807, 2.05) is 22.7 Å². The monoisotopic (exact) mass is 604 g/mol. The van der Waals surface area contributed by atoms with E-state index in [1.165, 1.54) is 195 Å². The van der Waals surface area contributed by atoms with E-state index >= 15 is 0 Å². The van der Waals surface area contributed by atoms with Crippen LogP contribution in [0.15, 0.2) is 36.4 Å². The second kappa shape index (κ2) is 19.8. The highest BCUT2D eigenvalue weighted by Gasteiger charge is 2.13. The highest BCUT2D eigenvalue weighted by Crippen LogP contribution is 2.44. The molecule has 0 bridgehead atoms. The number of thiophene rings is 2. The molecule has 0 nitrogen and oxygen atoms in total. The summed E-state index contributed by atoms with van der Waals surface area (Å²) in [6, 6.07) is 14.7. The Morgan fingerprint density at radius 1 is 0.381 bits per heavy atom. The molecule has 4 rings (SSSR count). The number of hydrogen-bond acceptors (Lipinski definition) is 2. The average Bonchev–Trinajstić information content (AvgIpc) is 3.53. The summed E-state index contributed by atoms with van der Waals surface area (Å²) in [5.74, 6) is 0. The number of fused-ring (bicyclic) bond motifs is 5. The lowest BCUT2D eigenvalue weighted by molar-refractivity contribution is 0.549. The normalized spacial score (nSPS) is 12.0. The van der Waals surface area contributed by atoms with Gasteiger partial charge in [0.05, 0.1) is 9.40 Å². The van der Waals surface area contributed by atoms with Crippen LogP contribution < -0.4 is 0 Å². The summed E-state index contributed by atoms with van der Waals surface area (Å²) >= 11 is 4.05. The number of aryl methyl sites for hydroxylation is 2. The molecule has 4 aromatic rings. The van der Waals surface area contributed by atoms with Crippen LogP contribution in [-0.4, -0.2) is 0 Å². The van der Waals surface area contributed by atoms with Crippen molar-refractivity contribution in [1.82, 2.24) is 0 Å². The van der Waals surface area contributed by atoms with Gasteiger partial charge in [0.2, 0.25) is 0 Å². The van der Waals surface area contributed by atoms with Crippen molar-refractivity contribution in [2.45, 2.75) is 168 Å². The van der Waals surface area contributed by atoms with Crippen LogP contribution in [-0.2, 0) is 12.8 Å². The van der Waals surface area contributed by atoms with E-state index < -0.39 is 0 Å². The largest absolute Gasteiger partial charge is 0.134 e. The smallest absolute Gasteiger partial charge is 0.0542 e. The van der Waals surface area contributed by atoms with Gasteiger partial charge in [0, 0.05) is 20.2 Å². The Labute approximate surface area is 266 Å². The Hall–Kier alpha value is -1.38. The highest BCUT2D eigenvalue weighted by molar-refractivity contribution is 7.36. The first-order valence-corrected chi connectivity index (χ1v) is 19.8. The first kappa shape index (κ1) is 33.5. The molecule has 232 valence electrons. The quantitative estimate of drug-likeness (QED) is 0.0698. The lowest BCUT2D eigenvalue weighted by Crippen LogP contribution is -1.86.